The molecule has 0 spiro atoms. The van der Waals surface area contributed by atoms with E-state index in [2.05, 4.69) is 27.3 Å². The first-order chi connectivity index (χ1) is 18.9. The molecule has 2 aromatic heterocycles. The zero-order chi connectivity index (χ0) is 27.9. The van der Waals surface area contributed by atoms with Crippen molar-refractivity contribution in [1.82, 2.24) is 14.8 Å². The molecule has 0 bridgehead atoms. The van der Waals surface area contributed by atoms with E-state index >= 15 is 0 Å². The monoisotopic (exact) mass is 568 g/mol. The summed E-state index contributed by atoms with van der Waals surface area (Å²) >= 11 is 8.16. The number of methoxy groups -OCH3 is 1. The lowest BCUT2D eigenvalue weighted by Crippen LogP contribution is -2.19. The number of ether oxygens (including phenoxy) is 2. The van der Waals surface area contributed by atoms with Gasteiger partial charge in [-0.15, -0.1) is 0 Å². The van der Waals surface area contributed by atoms with Crippen LogP contribution in [0.3, 0.4) is 0 Å². The van der Waals surface area contributed by atoms with Crippen LogP contribution in [-0.2, 0) is 31.9 Å². The number of carbonyl (C=O) groups is 2. The number of aliphatic imine (C=N–C) groups is 1. The third-order valence-corrected chi connectivity index (χ3v) is 7.09. The first kappa shape index (κ1) is 28.4. The molecule has 3 aromatic rings. The highest BCUT2D eigenvalue weighted by Crippen LogP contribution is 2.44. The number of halogens is 1. The molecular weight excluding hydrogens is 540 g/mol. The van der Waals surface area contributed by atoms with Crippen LogP contribution in [0.5, 0.6) is 0 Å². The second kappa shape index (κ2) is 12.9. The van der Waals surface area contributed by atoms with Crippen molar-refractivity contribution in [3.8, 4) is 16.3 Å². The Bertz CT molecular complexity index is 1460. The number of fused-ring (bicyclic) bond motifs is 3. The maximum Gasteiger partial charge on any atom is 0.250 e. The fraction of sp³-hybridized carbons (Fsp3) is 0.296. The lowest BCUT2D eigenvalue weighted by molar-refractivity contribution is -0.121. The molecule has 1 aromatic carbocycles. The molecule has 10 nitrogen and oxygen atoms in total. The number of thiazole rings is 1. The number of hydrogen-bond donors (Lipinski definition) is 2. The second-order valence-electron chi connectivity index (χ2n) is 8.59. The Morgan fingerprint density at radius 3 is 2.79 bits per heavy atom. The Labute approximate surface area is 235 Å². The summed E-state index contributed by atoms with van der Waals surface area (Å²) in [5.41, 5.74) is 5.49. The van der Waals surface area contributed by atoms with Crippen LogP contribution >= 0.6 is 22.9 Å². The molecule has 0 saturated carbocycles. The number of amides is 2. The molecule has 0 fully saturated rings. The number of aryl methyl sites for hydroxylation is 1. The molecule has 204 valence electrons. The number of aromatic nitrogens is 3. The van der Waals surface area contributed by atoms with Crippen molar-refractivity contribution in [3.63, 3.8) is 0 Å². The molecule has 1 aliphatic carbocycles. The van der Waals surface area contributed by atoms with E-state index < -0.39 is 0 Å². The molecule has 2 N–H and O–H groups in total. The Kier molecular flexibility index (Phi) is 9.41. The van der Waals surface area contributed by atoms with Gasteiger partial charge in [-0.3, -0.25) is 14.6 Å². The van der Waals surface area contributed by atoms with Gasteiger partial charge in [0.25, 0.3) is 0 Å². The molecule has 1 aliphatic rings. The molecule has 2 amide bonds. The van der Waals surface area contributed by atoms with Gasteiger partial charge in [0.2, 0.25) is 11.8 Å². The standard InChI is InChI=1S/C27H29ClN6O4S/c1-5-6-17(14-29-3)24-19-8-9-21-26(39-27(32-21)30-16(2)35)25(19)34(33-24)22-10-7-18(13-20(22)28)31-23(36)15-38-12-11-37-4/h5-7,10,13-14H,3,8-9,11-12,15H2,1-2,4H3,(H,31,36)(H,30,32,35)/b6-5-,17-14+. The van der Waals surface area contributed by atoms with E-state index in [1.165, 1.54) is 18.3 Å². The van der Waals surface area contributed by atoms with E-state index in [1.54, 1.807) is 36.2 Å². The summed E-state index contributed by atoms with van der Waals surface area (Å²) in [5.74, 6) is -0.484. The highest BCUT2D eigenvalue weighted by atomic mass is 35.5. The number of nitrogens with zero attached hydrogens (tertiary/aromatic N) is 4. The van der Waals surface area contributed by atoms with Crippen LogP contribution in [0.4, 0.5) is 10.8 Å². The van der Waals surface area contributed by atoms with Crippen molar-refractivity contribution in [1.29, 1.82) is 0 Å². The van der Waals surface area contributed by atoms with Gasteiger partial charge in [-0.2, -0.15) is 5.10 Å². The van der Waals surface area contributed by atoms with Gasteiger partial charge in [0.05, 0.1) is 45.9 Å². The van der Waals surface area contributed by atoms with E-state index in [9.17, 15) is 9.59 Å². The van der Waals surface area contributed by atoms with E-state index in [0.29, 0.717) is 47.6 Å². The lowest BCUT2D eigenvalue weighted by atomic mass is 9.95. The molecule has 0 unspecified atom stereocenters. The minimum Gasteiger partial charge on any atom is -0.382 e. The Hall–Kier alpha value is -3.64. The van der Waals surface area contributed by atoms with Crippen LogP contribution in [0.15, 0.2) is 41.5 Å². The Morgan fingerprint density at radius 2 is 2.10 bits per heavy atom. The first-order valence-corrected chi connectivity index (χ1v) is 13.4. The van der Waals surface area contributed by atoms with Crippen molar-refractivity contribution in [3.05, 3.63) is 58.5 Å². The number of nitrogens with one attached hydrogen (secondary N) is 2. The summed E-state index contributed by atoms with van der Waals surface area (Å²) < 4.78 is 12.0. The zero-order valence-electron chi connectivity index (χ0n) is 21.9. The fourth-order valence-electron chi connectivity index (χ4n) is 4.20. The molecule has 2 heterocycles. The average Bonchev–Trinajstić information content (AvgIpc) is 3.47. The van der Waals surface area contributed by atoms with Gasteiger partial charge in [0.15, 0.2) is 5.13 Å². The number of anilines is 2. The van der Waals surface area contributed by atoms with Crippen LogP contribution in [0.1, 0.15) is 30.8 Å². The van der Waals surface area contributed by atoms with E-state index in [1.807, 2.05) is 19.1 Å². The average molecular weight is 569 g/mol. The van der Waals surface area contributed by atoms with Crippen molar-refractivity contribution in [2.24, 2.45) is 4.99 Å². The minimum absolute atomic E-state index is 0.0963. The molecule has 0 atom stereocenters. The van der Waals surface area contributed by atoms with E-state index in [4.69, 9.17) is 26.2 Å². The summed E-state index contributed by atoms with van der Waals surface area (Å²) in [6, 6.07) is 5.23. The Morgan fingerprint density at radius 1 is 1.28 bits per heavy atom. The smallest absolute Gasteiger partial charge is 0.250 e. The van der Waals surface area contributed by atoms with Crippen LogP contribution in [0.2, 0.25) is 5.02 Å². The number of carbonyl (C=O) groups excluding carboxylic acids is 2. The molecule has 0 saturated heterocycles. The molecule has 0 aliphatic heterocycles. The van der Waals surface area contributed by atoms with Gasteiger partial charge < -0.3 is 20.1 Å². The third-order valence-electron chi connectivity index (χ3n) is 5.77. The topological polar surface area (TPSA) is 120 Å². The normalized spacial score (nSPS) is 12.8. The second-order valence-corrected chi connectivity index (χ2v) is 10.00. The van der Waals surface area contributed by atoms with Gasteiger partial charge >= 0.3 is 0 Å². The number of rotatable bonds is 11. The van der Waals surface area contributed by atoms with Crippen LogP contribution in [0.25, 0.3) is 21.8 Å². The predicted molar refractivity (Wildman–Crippen MR) is 155 cm³/mol. The maximum atomic E-state index is 12.3. The van der Waals surface area contributed by atoms with Crippen molar-refractivity contribution < 1.29 is 19.1 Å². The molecule has 39 heavy (non-hydrogen) atoms. The van der Waals surface area contributed by atoms with Gasteiger partial charge in [-0.25, -0.2) is 9.67 Å². The highest BCUT2D eigenvalue weighted by Gasteiger charge is 2.30. The summed E-state index contributed by atoms with van der Waals surface area (Å²) in [6.07, 6.45) is 6.92. The highest BCUT2D eigenvalue weighted by molar-refractivity contribution is 7.19. The fourth-order valence-corrected chi connectivity index (χ4v) is 5.58. The van der Waals surface area contributed by atoms with E-state index in [-0.39, 0.29) is 18.4 Å². The largest absolute Gasteiger partial charge is 0.382 e. The lowest BCUT2D eigenvalue weighted by Gasteiger charge is -2.15. The number of hydrogen-bond acceptors (Lipinski definition) is 8. The summed E-state index contributed by atoms with van der Waals surface area (Å²) in [7, 11) is 1.57. The SMILES string of the molecule is C=N/C=C(\C=C/C)c1nn(-c2ccc(NC(=O)COCCOC)cc2Cl)c2c1CCc1nc(NC(C)=O)sc1-2. The van der Waals surface area contributed by atoms with Gasteiger partial charge in [-0.1, -0.05) is 35.1 Å². The summed E-state index contributed by atoms with van der Waals surface area (Å²) in [6.45, 7) is 7.63. The van der Waals surface area contributed by atoms with Crippen molar-refractivity contribution >= 4 is 57.9 Å². The quantitative estimate of drug-likeness (QED) is 0.192. The summed E-state index contributed by atoms with van der Waals surface area (Å²) in [5, 5.41) is 11.5. The molecule has 0 radical (unpaired) electrons. The predicted octanol–water partition coefficient (Wildman–Crippen LogP) is 4.93. The minimum atomic E-state index is -0.300. The van der Waals surface area contributed by atoms with Gasteiger partial charge in [0, 0.05) is 37.1 Å². The van der Waals surface area contributed by atoms with Gasteiger partial charge in [0.1, 0.15) is 6.61 Å². The zero-order valence-corrected chi connectivity index (χ0v) is 23.5. The van der Waals surface area contributed by atoms with Crippen LogP contribution in [0, 0.1) is 0 Å². The summed E-state index contributed by atoms with van der Waals surface area (Å²) in [4.78, 5) is 33.5. The van der Waals surface area contributed by atoms with E-state index in [0.717, 1.165) is 33.1 Å². The van der Waals surface area contributed by atoms with Gasteiger partial charge in [-0.05, 0) is 44.7 Å². The van der Waals surface area contributed by atoms with Crippen LogP contribution in [-0.4, -0.2) is 60.2 Å². The third kappa shape index (κ3) is 6.51. The first-order valence-electron chi connectivity index (χ1n) is 12.2. The molecular formula is C27H29ClN6O4S. The van der Waals surface area contributed by atoms with Crippen molar-refractivity contribution in [2.45, 2.75) is 26.7 Å². The number of benzene rings is 1. The number of allylic oxidation sites excluding steroid dienone is 3. The molecule has 12 heteroatoms. The van der Waals surface area contributed by atoms with Crippen molar-refractivity contribution in [2.75, 3.05) is 37.6 Å². The molecule has 4 rings (SSSR count). The Balaban J connectivity index is 1.76. The maximum absolute atomic E-state index is 12.3. The van der Waals surface area contributed by atoms with Crippen LogP contribution < -0.4 is 10.6 Å².